The van der Waals surface area contributed by atoms with Crippen LogP contribution in [0.5, 0.6) is 0 Å². The zero-order valence-electron chi connectivity index (χ0n) is 10.0. The summed E-state index contributed by atoms with van der Waals surface area (Å²) >= 11 is 1.82. The minimum Gasteiger partial charge on any atom is -0.333 e. The van der Waals surface area contributed by atoms with E-state index < -0.39 is 9.05 Å². The molecule has 0 aromatic carbocycles. The Hall–Kier alpha value is -0.200. The van der Waals surface area contributed by atoms with Gasteiger partial charge in [-0.2, -0.15) is 11.8 Å². The highest BCUT2D eigenvalue weighted by Gasteiger charge is 2.17. The van der Waals surface area contributed by atoms with Gasteiger partial charge in [-0.3, -0.25) is 0 Å². The molecule has 4 nitrogen and oxygen atoms in total. The normalized spacial score (nSPS) is 11.9. The van der Waals surface area contributed by atoms with Gasteiger partial charge < -0.3 is 4.57 Å². The zero-order chi connectivity index (χ0) is 12.9. The first-order valence-electron chi connectivity index (χ1n) is 5.57. The minimum absolute atomic E-state index is 0.0379. The number of rotatable bonds is 7. The fraction of sp³-hybridized carbons (Fsp3) is 0.700. The number of hydrogen-bond donors (Lipinski definition) is 0. The van der Waals surface area contributed by atoms with Crippen LogP contribution in [0.4, 0.5) is 0 Å². The van der Waals surface area contributed by atoms with Crippen molar-refractivity contribution in [2.75, 3.05) is 11.5 Å². The van der Waals surface area contributed by atoms with Gasteiger partial charge in [-0.15, -0.1) is 0 Å². The molecule has 0 unspecified atom stereocenters. The minimum atomic E-state index is -3.72. The largest absolute Gasteiger partial charge is 0.333 e. The van der Waals surface area contributed by atoms with Gasteiger partial charge in [0.2, 0.25) is 0 Å². The summed E-state index contributed by atoms with van der Waals surface area (Å²) < 4.78 is 24.3. The van der Waals surface area contributed by atoms with Gasteiger partial charge in [0.15, 0.2) is 5.03 Å². The summed E-state index contributed by atoms with van der Waals surface area (Å²) in [6.07, 6.45) is 3.23. The summed E-state index contributed by atoms with van der Waals surface area (Å²) in [6, 6.07) is 0. The number of imidazole rings is 1. The molecule has 1 aromatic heterocycles. The van der Waals surface area contributed by atoms with E-state index in [1.807, 2.05) is 23.3 Å². The molecule has 1 aromatic rings. The van der Waals surface area contributed by atoms with Gasteiger partial charge >= 0.3 is 0 Å². The van der Waals surface area contributed by atoms with Crippen molar-refractivity contribution in [3.63, 3.8) is 0 Å². The summed E-state index contributed by atoms with van der Waals surface area (Å²) in [6.45, 7) is 4.90. The van der Waals surface area contributed by atoms with Gasteiger partial charge in [0.25, 0.3) is 9.05 Å². The lowest BCUT2D eigenvalue weighted by Crippen LogP contribution is -2.04. The fourth-order valence-corrected chi connectivity index (χ4v) is 2.77. The number of thioether (sulfide) groups is 1. The molecule has 0 fully saturated rings. The smallest absolute Gasteiger partial charge is 0.280 e. The Morgan fingerprint density at radius 1 is 1.47 bits per heavy atom. The molecule has 1 heterocycles. The first-order valence-corrected chi connectivity index (χ1v) is 9.03. The van der Waals surface area contributed by atoms with E-state index in [0.29, 0.717) is 0 Å². The maximum atomic E-state index is 11.2. The first kappa shape index (κ1) is 14.9. The van der Waals surface area contributed by atoms with Crippen molar-refractivity contribution in [1.82, 2.24) is 9.55 Å². The predicted molar refractivity (Wildman–Crippen MR) is 72.3 cm³/mol. The standard InChI is InChI=1S/C10H17ClN2O2S2/c1-3-5-9-12-10(17(11,14)15)8-13(9)6-7-16-4-2/h8H,3-7H2,1-2H3. The molecule has 0 amide bonds. The molecule has 0 saturated heterocycles. The Labute approximate surface area is 111 Å². The topological polar surface area (TPSA) is 52.0 Å². The van der Waals surface area contributed by atoms with E-state index in [0.717, 1.165) is 36.7 Å². The van der Waals surface area contributed by atoms with Crippen LogP contribution in [0.2, 0.25) is 0 Å². The van der Waals surface area contributed by atoms with E-state index >= 15 is 0 Å². The summed E-state index contributed by atoms with van der Waals surface area (Å²) in [5.74, 6) is 2.80. The second kappa shape index (κ2) is 6.66. The Balaban J connectivity index is 2.89. The monoisotopic (exact) mass is 296 g/mol. The van der Waals surface area contributed by atoms with Gasteiger partial charge in [-0.25, -0.2) is 13.4 Å². The summed E-state index contributed by atoms with van der Waals surface area (Å²) in [4.78, 5) is 4.08. The molecule has 98 valence electrons. The highest BCUT2D eigenvalue weighted by Crippen LogP contribution is 2.16. The van der Waals surface area contributed by atoms with Crippen LogP contribution in [-0.4, -0.2) is 29.5 Å². The van der Waals surface area contributed by atoms with Crippen LogP contribution in [0, 0.1) is 0 Å². The summed E-state index contributed by atoms with van der Waals surface area (Å²) in [5.41, 5.74) is 0. The van der Waals surface area contributed by atoms with Crippen molar-refractivity contribution in [3.05, 3.63) is 12.0 Å². The highest BCUT2D eigenvalue weighted by molar-refractivity contribution is 8.13. The molecular formula is C10H17ClN2O2S2. The van der Waals surface area contributed by atoms with E-state index in [4.69, 9.17) is 10.7 Å². The molecule has 0 aliphatic carbocycles. The van der Waals surface area contributed by atoms with Crippen LogP contribution >= 0.6 is 22.4 Å². The van der Waals surface area contributed by atoms with Crippen LogP contribution < -0.4 is 0 Å². The van der Waals surface area contributed by atoms with Crippen LogP contribution in [0.25, 0.3) is 0 Å². The van der Waals surface area contributed by atoms with Crippen molar-refractivity contribution in [2.45, 2.75) is 38.3 Å². The Morgan fingerprint density at radius 3 is 2.71 bits per heavy atom. The number of hydrogen-bond acceptors (Lipinski definition) is 4. The fourth-order valence-electron chi connectivity index (χ4n) is 1.47. The quantitative estimate of drug-likeness (QED) is 0.573. The average molecular weight is 297 g/mol. The van der Waals surface area contributed by atoms with Crippen molar-refractivity contribution >= 4 is 31.5 Å². The van der Waals surface area contributed by atoms with E-state index in [1.54, 1.807) is 0 Å². The van der Waals surface area contributed by atoms with Crippen LogP contribution in [0.1, 0.15) is 26.1 Å². The van der Waals surface area contributed by atoms with Gasteiger partial charge in [0, 0.05) is 35.6 Å². The van der Waals surface area contributed by atoms with Crippen molar-refractivity contribution in [1.29, 1.82) is 0 Å². The van der Waals surface area contributed by atoms with Crippen molar-refractivity contribution < 1.29 is 8.42 Å². The highest BCUT2D eigenvalue weighted by atomic mass is 35.7. The molecule has 0 atom stereocenters. The SMILES string of the molecule is CCCc1nc(S(=O)(=O)Cl)cn1CCSCC. The van der Waals surface area contributed by atoms with Gasteiger partial charge in [-0.1, -0.05) is 13.8 Å². The third-order valence-electron chi connectivity index (χ3n) is 2.24. The van der Waals surface area contributed by atoms with Crippen LogP contribution in [-0.2, 0) is 22.0 Å². The first-order chi connectivity index (χ1) is 7.99. The summed E-state index contributed by atoms with van der Waals surface area (Å²) in [5, 5.41) is -0.0379. The van der Waals surface area contributed by atoms with Crippen molar-refractivity contribution in [3.8, 4) is 0 Å². The maximum absolute atomic E-state index is 11.2. The van der Waals surface area contributed by atoms with E-state index in [-0.39, 0.29) is 5.03 Å². The Kier molecular flexibility index (Phi) is 5.82. The average Bonchev–Trinajstić information content (AvgIpc) is 2.62. The molecule has 0 saturated carbocycles. The molecule has 0 bridgehead atoms. The molecule has 0 aliphatic heterocycles. The van der Waals surface area contributed by atoms with E-state index in [9.17, 15) is 8.42 Å². The lowest BCUT2D eigenvalue weighted by atomic mass is 10.3. The van der Waals surface area contributed by atoms with Gasteiger partial charge in [-0.05, 0) is 12.2 Å². The van der Waals surface area contributed by atoms with Gasteiger partial charge in [0.1, 0.15) is 5.82 Å². The van der Waals surface area contributed by atoms with E-state index in [1.165, 1.54) is 6.20 Å². The molecular weight excluding hydrogens is 280 g/mol. The third-order valence-corrected chi connectivity index (χ3v) is 4.29. The lowest BCUT2D eigenvalue weighted by molar-refractivity contribution is 0.606. The number of halogens is 1. The molecule has 1 rings (SSSR count). The van der Waals surface area contributed by atoms with Crippen LogP contribution in [0.3, 0.4) is 0 Å². The third kappa shape index (κ3) is 4.52. The molecule has 0 radical (unpaired) electrons. The van der Waals surface area contributed by atoms with Gasteiger partial charge in [0.05, 0.1) is 0 Å². The van der Waals surface area contributed by atoms with E-state index in [2.05, 4.69) is 11.9 Å². The second-order valence-corrected chi connectivity index (χ2v) is 7.48. The molecule has 0 aliphatic rings. The Bertz CT molecular complexity index is 457. The molecule has 17 heavy (non-hydrogen) atoms. The van der Waals surface area contributed by atoms with Crippen LogP contribution in [0.15, 0.2) is 11.2 Å². The zero-order valence-corrected chi connectivity index (χ0v) is 12.4. The second-order valence-electron chi connectivity index (χ2n) is 3.57. The molecule has 7 heteroatoms. The predicted octanol–water partition coefficient (Wildman–Crippen LogP) is 2.52. The van der Waals surface area contributed by atoms with Crippen molar-refractivity contribution in [2.24, 2.45) is 0 Å². The number of aryl methyl sites for hydroxylation is 2. The summed E-state index contributed by atoms with van der Waals surface area (Å²) in [7, 11) is 1.58. The Morgan fingerprint density at radius 2 is 2.18 bits per heavy atom. The maximum Gasteiger partial charge on any atom is 0.280 e. The lowest BCUT2D eigenvalue weighted by Gasteiger charge is -2.05. The number of nitrogens with zero attached hydrogens (tertiary/aromatic N) is 2. The number of aromatic nitrogens is 2. The molecule has 0 spiro atoms. The molecule has 0 N–H and O–H groups in total.